The number of ether oxygens (including phenoxy) is 2. The molecule has 0 radical (unpaired) electrons. The molecule has 2 rings (SSSR count). The van der Waals surface area contributed by atoms with Crippen molar-refractivity contribution in [2.45, 2.75) is 24.8 Å². The van der Waals surface area contributed by atoms with Crippen LogP contribution in [0.3, 0.4) is 0 Å². The lowest BCUT2D eigenvalue weighted by Crippen LogP contribution is -2.73. The summed E-state index contributed by atoms with van der Waals surface area (Å²) >= 11 is 1.60. The number of nitrogens with zero attached hydrogens (tertiary/aromatic N) is 1. The van der Waals surface area contributed by atoms with Gasteiger partial charge in [0.15, 0.2) is 5.60 Å². The van der Waals surface area contributed by atoms with Gasteiger partial charge < -0.3 is 9.47 Å². The highest BCUT2D eigenvalue weighted by Crippen LogP contribution is 2.47. The Bertz CT molecular complexity index is 420. The van der Waals surface area contributed by atoms with Crippen molar-refractivity contribution in [2.24, 2.45) is 0 Å². The first kappa shape index (κ1) is 12.4. The average Bonchev–Trinajstić information content (AvgIpc) is 2.35. The van der Waals surface area contributed by atoms with Gasteiger partial charge in [-0.3, -0.25) is 9.69 Å². The third-order valence-electron chi connectivity index (χ3n) is 3.25. The molecule has 0 N–H and O–H groups in total. The number of carbonyl (C=O) groups is 2. The Labute approximate surface area is 104 Å². The van der Waals surface area contributed by atoms with Crippen molar-refractivity contribution >= 4 is 23.6 Å². The van der Waals surface area contributed by atoms with Crippen molar-refractivity contribution in [3.05, 3.63) is 11.3 Å². The zero-order chi connectivity index (χ0) is 12.8. The summed E-state index contributed by atoms with van der Waals surface area (Å²) < 4.78 is 9.99. The second-order valence-corrected chi connectivity index (χ2v) is 5.34. The van der Waals surface area contributed by atoms with Crippen LogP contribution in [0.4, 0.5) is 0 Å². The van der Waals surface area contributed by atoms with E-state index in [2.05, 4.69) is 0 Å². The SMILES string of the molecule is COC(=O)C1=C(C)CS[C@H]2N1C(=O)C2(C)OC. The molecule has 5 nitrogen and oxygen atoms in total. The number of rotatable bonds is 2. The zero-order valence-electron chi connectivity index (χ0n) is 10.3. The average molecular weight is 257 g/mol. The molecule has 0 bridgehead atoms. The van der Waals surface area contributed by atoms with E-state index in [9.17, 15) is 9.59 Å². The molecule has 2 atom stereocenters. The maximum atomic E-state index is 12.1. The van der Waals surface area contributed by atoms with Gasteiger partial charge in [-0.15, -0.1) is 11.8 Å². The number of hydrogen-bond donors (Lipinski definition) is 0. The maximum Gasteiger partial charge on any atom is 0.354 e. The molecule has 1 unspecified atom stereocenters. The minimum Gasteiger partial charge on any atom is -0.464 e. The van der Waals surface area contributed by atoms with E-state index in [0.29, 0.717) is 11.4 Å². The summed E-state index contributed by atoms with van der Waals surface area (Å²) in [5.41, 5.74) is 0.408. The molecule has 6 heteroatoms. The van der Waals surface area contributed by atoms with E-state index in [4.69, 9.17) is 9.47 Å². The minimum atomic E-state index is -0.829. The molecule has 2 aliphatic rings. The molecular weight excluding hydrogens is 242 g/mol. The van der Waals surface area contributed by atoms with E-state index in [0.717, 1.165) is 5.57 Å². The lowest BCUT2D eigenvalue weighted by molar-refractivity contribution is -0.180. The third kappa shape index (κ3) is 1.51. The van der Waals surface area contributed by atoms with Crippen LogP contribution in [0, 0.1) is 0 Å². The fraction of sp³-hybridized carbons (Fsp3) is 0.636. The van der Waals surface area contributed by atoms with Crippen LogP contribution in [0.25, 0.3) is 0 Å². The van der Waals surface area contributed by atoms with Crippen LogP contribution >= 0.6 is 11.8 Å². The number of esters is 1. The van der Waals surface area contributed by atoms with Crippen LogP contribution in [-0.4, -0.2) is 47.7 Å². The van der Waals surface area contributed by atoms with Crippen molar-refractivity contribution in [3.8, 4) is 0 Å². The van der Waals surface area contributed by atoms with Crippen molar-refractivity contribution in [1.82, 2.24) is 4.90 Å². The monoisotopic (exact) mass is 257 g/mol. The smallest absolute Gasteiger partial charge is 0.354 e. The molecule has 0 aliphatic carbocycles. The molecule has 2 aliphatic heterocycles. The van der Waals surface area contributed by atoms with E-state index >= 15 is 0 Å². The standard InChI is InChI=1S/C11H15NO4S/c1-6-5-17-10-11(2,16-4)9(14)12(10)7(6)8(13)15-3/h10H,5H2,1-4H3/t10-,11?/m1/s1. The second kappa shape index (κ2) is 4.03. The molecule has 0 aromatic rings. The molecule has 94 valence electrons. The number of thioether (sulfide) groups is 1. The van der Waals surface area contributed by atoms with E-state index in [1.54, 1.807) is 18.7 Å². The minimum absolute atomic E-state index is 0.141. The Kier molecular flexibility index (Phi) is 2.95. The van der Waals surface area contributed by atoms with Gasteiger partial charge >= 0.3 is 5.97 Å². The Hall–Kier alpha value is -1.01. The number of hydrogen-bond acceptors (Lipinski definition) is 5. The molecular formula is C11H15NO4S. The van der Waals surface area contributed by atoms with Gasteiger partial charge in [-0.25, -0.2) is 4.79 Å². The highest BCUT2D eigenvalue weighted by molar-refractivity contribution is 8.00. The first-order valence-electron chi connectivity index (χ1n) is 5.26. The maximum absolute atomic E-state index is 12.1. The summed E-state index contributed by atoms with van der Waals surface area (Å²) in [6.45, 7) is 3.59. The Morgan fingerprint density at radius 3 is 2.71 bits per heavy atom. The van der Waals surface area contributed by atoms with Gasteiger partial charge in [0.1, 0.15) is 11.1 Å². The fourth-order valence-corrected chi connectivity index (χ4v) is 3.53. The van der Waals surface area contributed by atoms with Gasteiger partial charge in [-0.05, 0) is 19.4 Å². The zero-order valence-corrected chi connectivity index (χ0v) is 11.1. The van der Waals surface area contributed by atoms with Crippen LogP contribution < -0.4 is 0 Å². The second-order valence-electron chi connectivity index (χ2n) is 4.27. The van der Waals surface area contributed by atoms with Gasteiger partial charge in [0, 0.05) is 12.9 Å². The predicted molar refractivity (Wildman–Crippen MR) is 63.2 cm³/mol. The topological polar surface area (TPSA) is 55.8 Å². The largest absolute Gasteiger partial charge is 0.464 e. The van der Waals surface area contributed by atoms with Crippen LogP contribution in [-0.2, 0) is 19.1 Å². The Balaban J connectivity index is 2.36. The molecule has 2 heterocycles. The lowest BCUT2D eigenvalue weighted by Gasteiger charge is -2.54. The summed E-state index contributed by atoms with van der Waals surface area (Å²) in [4.78, 5) is 25.2. The van der Waals surface area contributed by atoms with Gasteiger partial charge in [-0.1, -0.05) is 0 Å². The molecule has 0 spiro atoms. The van der Waals surface area contributed by atoms with Crippen LogP contribution in [0.5, 0.6) is 0 Å². The fourth-order valence-electron chi connectivity index (χ4n) is 2.12. The molecule has 17 heavy (non-hydrogen) atoms. The van der Waals surface area contributed by atoms with E-state index < -0.39 is 11.6 Å². The third-order valence-corrected chi connectivity index (χ3v) is 4.83. The summed E-state index contributed by atoms with van der Waals surface area (Å²) in [6, 6.07) is 0. The summed E-state index contributed by atoms with van der Waals surface area (Å²) in [6.07, 6.45) is 0. The first-order chi connectivity index (χ1) is 7.97. The van der Waals surface area contributed by atoms with Crippen LogP contribution in [0.1, 0.15) is 13.8 Å². The number of methoxy groups -OCH3 is 2. The molecule has 0 aromatic carbocycles. The molecule has 1 amide bonds. The number of carbonyl (C=O) groups excluding carboxylic acids is 2. The predicted octanol–water partition coefficient (Wildman–Crippen LogP) is 0.754. The normalized spacial score (nSPS) is 32.1. The highest BCUT2D eigenvalue weighted by atomic mass is 32.2. The number of fused-ring (bicyclic) bond motifs is 1. The molecule has 1 fully saturated rings. The first-order valence-corrected chi connectivity index (χ1v) is 6.30. The van der Waals surface area contributed by atoms with Crippen molar-refractivity contribution in [3.63, 3.8) is 0 Å². The summed E-state index contributed by atoms with van der Waals surface area (Å²) in [7, 11) is 2.83. The summed E-state index contributed by atoms with van der Waals surface area (Å²) in [5.74, 6) is 0.0638. The van der Waals surface area contributed by atoms with Crippen molar-refractivity contribution in [2.75, 3.05) is 20.0 Å². The number of β-lactam (4-membered cyclic amide) rings is 1. The van der Waals surface area contributed by atoms with Gasteiger partial charge in [0.2, 0.25) is 0 Å². The number of amides is 1. The Morgan fingerprint density at radius 2 is 2.18 bits per heavy atom. The molecule has 0 saturated carbocycles. The Morgan fingerprint density at radius 1 is 1.53 bits per heavy atom. The van der Waals surface area contributed by atoms with Crippen molar-refractivity contribution in [1.29, 1.82) is 0 Å². The molecule has 0 aromatic heterocycles. The lowest BCUT2D eigenvalue weighted by atomic mass is 9.92. The van der Waals surface area contributed by atoms with E-state index in [1.807, 2.05) is 6.92 Å². The highest BCUT2D eigenvalue weighted by Gasteiger charge is 2.62. The van der Waals surface area contributed by atoms with E-state index in [-0.39, 0.29) is 11.3 Å². The van der Waals surface area contributed by atoms with Crippen molar-refractivity contribution < 1.29 is 19.1 Å². The van der Waals surface area contributed by atoms with Crippen LogP contribution in [0.15, 0.2) is 11.3 Å². The van der Waals surface area contributed by atoms with Gasteiger partial charge in [-0.2, -0.15) is 0 Å². The van der Waals surface area contributed by atoms with Gasteiger partial charge in [0.05, 0.1) is 7.11 Å². The quantitative estimate of drug-likeness (QED) is 0.540. The van der Waals surface area contributed by atoms with E-state index in [1.165, 1.54) is 19.1 Å². The van der Waals surface area contributed by atoms with Crippen LogP contribution in [0.2, 0.25) is 0 Å². The molecule has 1 saturated heterocycles. The summed E-state index contributed by atoms with van der Waals surface area (Å²) in [5, 5.41) is -0.141. The van der Waals surface area contributed by atoms with Gasteiger partial charge in [0.25, 0.3) is 5.91 Å².